The second-order valence-electron chi connectivity index (χ2n) is 5.79. The number of halogens is 1. The summed E-state index contributed by atoms with van der Waals surface area (Å²) < 4.78 is 18.6. The molecule has 2 nitrogen and oxygen atoms in total. The van der Waals surface area contributed by atoms with Gasteiger partial charge in [0.25, 0.3) is 0 Å². The minimum atomic E-state index is -0.301. The second-order valence-corrected chi connectivity index (χ2v) is 5.79. The van der Waals surface area contributed by atoms with Crippen LogP contribution in [0, 0.1) is 17.7 Å². The van der Waals surface area contributed by atoms with Gasteiger partial charge in [0.15, 0.2) is 11.6 Å². The summed E-state index contributed by atoms with van der Waals surface area (Å²) in [6.45, 7) is 4.55. The van der Waals surface area contributed by atoms with Crippen LogP contribution in [0.1, 0.15) is 39.5 Å². The van der Waals surface area contributed by atoms with Crippen molar-refractivity contribution in [1.29, 1.82) is 0 Å². The summed E-state index contributed by atoms with van der Waals surface area (Å²) in [5, 5.41) is 3.51. The van der Waals surface area contributed by atoms with Gasteiger partial charge in [0.05, 0.1) is 7.11 Å². The molecule has 3 heteroatoms. The van der Waals surface area contributed by atoms with Crippen LogP contribution in [0.3, 0.4) is 0 Å². The standard InChI is InChI=1S/C16H24FNO/c1-11(2)13-6-4-5-7-15(13)18-12-8-9-16(19-3)14(17)10-12/h8-11,13,15,18H,4-7H2,1-3H3. The molecule has 106 valence electrons. The molecule has 1 aromatic carbocycles. The van der Waals surface area contributed by atoms with Crippen molar-refractivity contribution in [3.05, 3.63) is 24.0 Å². The van der Waals surface area contributed by atoms with Crippen molar-refractivity contribution in [3.63, 3.8) is 0 Å². The van der Waals surface area contributed by atoms with E-state index in [0.717, 1.165) is 5.69 Å². The minimum Gasteiger partial charge on any atom is -0.494 e. The van der Waals surface area contributed by atoms with Gasteiger partial charge in [-0.05, 0) is 36.8 Å². The van der Waals surface area contributed by atoms with Crippen LogP contribution in [0.15, 0.2) is 18.2 Å². The molecule has 0 aliphatic heterocycles. The number of hydrogen-bond acceptors (Lipinski definition) is 2. The highest BCUT2D eigenvalue weighted by Crippen LogP contribution is 2.33. The van der Waals surface area contributed by atoms with Gasteiger partial charge in [0, 0.05) is 17.8 Å². The van der Waals surface area contributed by atoms with Gasteiger partial charge in [-0.2, -0.15) is 0 Å². The SMILES string of the molecule is COc1ccc(NC2CCCCC2C(C)C)cc1F. The van der Waals surface area contributed by atoms with Crippen LogP contribution in [0.5, 0.6) is 5.75 Å². The summed E-state index contributed by atoms with van der Waals surface area (Å²) >= 11 is 0. The molecule has 0 heterocycles. The third kappa shape index (κ3) is 3.40. The fraction of sp³-hybridized carbons (Fsp3) is 0.625. The van der Waals surface area contributed by atoms with Crippen molar-refractivity contribution in [3.8, 4) is 5.75 Å². The maximum absolute atomic E-state index is 13.7. The lowest BCUT2D eigenvalue weighted by molar-refractivity contribution is 0.254. The van der Waals surface area contributed by atoms with Crippen LogP contribution in [-0.2, 0) is 0 Å². The molecule has 0 spiro atoms. The molecule has 1 fully saturated rings. The average Bonchev–Trinajstić information content (AvgIpc) is 2.39. The van der Waals surface area contributed by atoms with Crippen molar-refractivity contribution in [2.24, 2.45) is 11.8 Å². The highest BCUT2D eigenvalue weighted by atomic mass is 19.1. The monoisotopic (exact) mass is 265 g/mol. The molecule has 0 bridgehead atoms. The molecular formula is C16H24FNO. The van der Waals surface area contributed by atoms with Crippen LogP contribution in [-0.4, -0.2) is 13.2 Å². The van der Waals surface area contributed by atoms with E-state index < -0.39 is 0 Å². The molecule has 2 unspecified atom stereocenters. The first-order valence-corrected chi connectivity index (χ1v) is 7.22. The Bertz CT molecular complexity index is 419. The van der Waals surface area contributed by atoms with Crippen molar-refractivity contribution in [1.82, 2.24) is 0 Å². The minimum absolute atomic E-state index is 0.301. The second kappa shape index (κ2) is 6.27. The van der Waals surface area contributed by atoms with E-state index in [1.807, 2.05) is 6.07 Å². The van der Waals surface area contributed by atoms with Gasteiger partial charge in [0.2, 0.25) is 0 Å². The van der Waals surface area contributed by atoms with E-state index >= 15 is 0 Å². The summed E-state index contributed by atoms with van der Waals surface area (Å²) in [5.74, 6) is 1.35. The zero-order chi connectivity index (χ0) is 13.8. The average molecular weight is 265 g/mol. The molecule has 1 aromatic rings. The summed E-state index contributed by atoms with van der Waals surface area (Å²) in [5.41, 5.74) is 0.857. The highest BCUT2D eigenvalue weighted by molar-refractivity contribution is 5.48. The largest absolute Gasteiger partial charge is 0.494 e. The Labute approximate surface area is 115 Å². The molecule has 19 heavy (non-hydrogen) atoms. The molecular weight excluding hydrogens is 241 g/mol. The molecule has 1 saturated carbocycles. The van der Waals surface area contributed by atoms with E-state index in [9.17, 15) is 4.39 Å². The number of rotatable bonds is 4. The van der Waals surface area contributed by atoms with E-state index in [1.54, 1.807) is 6.07 Å². The first-order valence-electron chi connectivity index (χ1n) is 7.22. The van der Waals surface area contributed by atoms with Gasteiger partial charge in [-0.15, -0.1) is 0 Å². The van der Waals surface area contributed by atoms with Crippen molar-refractivity contribution in [2.45, 2.75) is 45.6 Å². The Balaban J connectivity index is 2.08. The highest BCUT2D eigenvalue weighted by Gasteiger charge is 2.27. The zero-order valence-corrected chi connectivity index (χ0v) is 12.1. The van der Waals surface area contributed by atoms with Gasteiger partial charge in [-0.25, -0.2) is 4.39 Å². The Kier molecular flexibility index (Phi) is 4.67. The first-order chi connectivity index (χ1) is 9.11. The third-order valence-electron chi connectivity index (χ3n) is 4.18. The van der Waals surface area contributed by atoms with Gasteiger partial charge in [-0.1, -0.05) is 26.7 Å². The van der Waals surface area contributed by atoms with Crippen LogP contribution < -0.4 is 10.1 Å². The fourth-order valence-electron chi connectivity index (χ4n) is 3.11. The number of anilines is 1. The molecule has 2 rings (SSSR count). The molecule has 0 amide bonds. The normalized spacial score (nSPS) is 23.4. The Morgan fingerprint density at radius 1 is 1.26 bits per heavy atom. The molecule has 0 saturated heterocycles. The van der Waals surface area contributed by atoms with Crippen molar-refractivity contribution in [2.75, 3.05) is 12.4 Å². The molecule has 1 N–H and O–H groups in total. The van der Waals surface area contributed by atoms with Gasteiger partial charge >= 0.3 is 0 Å². The predicted molar refractivity (Wildman–Crippen MR) is 77.2 cm³/mol. The quantitative estimate of drug-likeness (QED) is 0.867. The van der Waals surface area contributed by atoms with E-state index in [1.165, 1.54) is 38.9 Å². The lowest BCUT2D eigenvalue weighted by Crippen LogP contribution is -2.35. The smallest absolute Gasteiger partial charge is 0.167 e. The van der Waals surface area contributed by atoms with Gasteiger partial charge in [-0.3, -0.25) is 0 Å². The maximum Gasteiger partial charge on any atom is 0.167 e. The summed E-state index contributed by atoms with van der Waals surface area (Å²) in [6.07, 6.45) is 5.03. The topological polar surface area (TPSA) is 21.3 Å². The van der Waals surface area contributed by atoms with E-state index in [2.05, 4.69) is 19.2 Å². The Morgan fingerprint density at radius 2 is 2.00 bits per heavy atom. The van der Waals surface area contributed by atoms with Crippen LogP contribution in [0.25, 0.3) is 0 Å². The van der Waals surface area contributed by atoms with Crippen molar-refractivity contribution >= 4 is 5.69 Å². The Hall–Kier alpha value is -1.25. The van der Waals surface area contributed by atoms with Crippen LogP contribution in [0.2, 0.25) is 0 Å². The van der Waals surface area contributed by atoms with E-state index in [0.29, 0.717) is 23.6 Å². The van der Waals surface area contributed by atoms with Crippen molar-refractivity contribution < 1.29 is 9.13 Å². The first kappa shape index (κ1) is 14.2. The summed E-state index contributed by atoms with van der Waals surface area (Å²) in [4.78, 5) is 0. The molecule has 0 aromatic heterocycles. The lowest BCUT2D eigenvalue weighted by Gasteiger charge is -2.35. The zero-order valence-electron chi connectivity index (χ0n) is 12.1. The van der Waals surface area contributed by atoms with E-state index in [-0.39, 0.29) is 5.82 Å². The van der Waals surface area contributed by atoms with Gasteiger partial charge in [0.1, 0.15) is 0 Å². The number of methoxy groups -OCH3 is 1. The fourth-order valence-corrected chi connectivity index (χ4v) is 3.11. The number of benzene rings is 1. The number of nitrogens with one attached hydrogen (secondary N) is 1. The summed E-state index contributed by atoms with van der Waals surface area (Å²) in [7, 11) is 1.49. The number of hydrogen-bond donors (Lipinski definition) is 1. The lowest BCUT2D eigenvalue weighted by atomic mass is 9.78. The Morgan fingerprint density at radius 3 is 2.63 bits per heavy atom. The molecule has 0 radical (unpaired) electrons. The summed E-state index contributed by atoms with van der Waals surface area (Å²) in [6, 6.07) is 5.57. The molecule has 2 atom stereocenters. The maximum atomic E-state index is 13.7. The molecule has 1 aliphatic carbocycles. The van der Waals surface area contributed by atoms with Gasteiger partial charge < -0.3 is 10.1 Å². The molecule has 1 aliphatic rings. The number of ether oxygens (including phenoxy) is 1. The van der Waals surface area contributed by atoms with Crippen LogP contribution >= 0.6 is 0 Å². The van der Waals surface area contributed by atoms with E-state index in [4.69, 9.17) is 4.74 Å². The predicted octanol–water partition coefficient (Wildman–Crippen LogP) is 4.46. The third-order valence-corrected chi connectivity index (χ3v) is 4.18. The van der Waals surface area contributed by atoms with Crippen LogP contribution in [0.4, 0.5) is 10.1 Å².